The number of amides is 2. The quantitative estimate of drug-likeness (QED) is 0.786. The fraction of sp³-hybridized carbons (Fsp3) is 0.222. The second-order valence-corrected chi connectivity index (χ2v) is 6.69. The van der Waals surface area contributed by atoms with Gasteiger partial charge < -0.3 is 10.6 Å². The summed E-state index contributed by atoms with van der Waals surface area (Å²) in [5.74, 6) is -0.614. The molecule has 0 aliphatic heterocycles. The molecule has 24 heavy (non-hydrogen) atoms. The number of nitrogens with one attached hydrogen (secondary N) is 2. The molecule has 1 unspecified atom stereocenters. The van der Waals surface area contributed by atoms with Crippen molar-refractivity contribution < 1.29 is 14.0 Å². The van der Waals surface area contributed by atoms with Crippen LogP contribution in [0, 0.1) is 5.82 Å². The third-order valence-electron chi connectivity index (χ3n) is 3.27. The first-order valence-electron chi connectivity index (χ1n) is 7.51. The van der Waals surface area contributed by atoms with Crippen LogP contribution in [0.2, 0.25) is 0 Å². The molecule has 0 bridgehead atoms. The average molecular weight is 346 g/mol. The minimum atomic E-state index is -0.327. The lowest BCUT2D eigenvalue weighted by atomic mass is 10.2. The molecule has 1 atom stereocenters. The third kappa shape index (κ3) is 5.38. The normalized spacial score (nSPS) is 11.6. The molecule has 0 fully saturated rings. The van der Waals surface area contributed by atoms with E-state index >= 15 is 0 Å². The molecule has 4 nitrogen and oxygen atoms in total. The Labute approximate surface area is 144 Å². The van der Waals surface area contributed by atoms with E-state index < -0.39 is 0 Å². The average Bonchev–Trinajstić information content (AvgIpc) is 2.55. The topological polar surface area (TPSA) is 58.2 Å². The van der Waals surface area contributed by atoms with Crippen LogP contribution in [-0.2, 0) is 16.1 Å². The Balaban J connectivity index is 1.87. The highest BCUT2D eigenvalue weighted by Crippen LogP contribution is 2.25. The lowest BCUT2D eigenvalue weighted by Gasteiger charge is -2.13. The van der Waals surface area contributed by atoms with Crippen LogP contribution in [0.15, 0.2) is 53.4 Å². The molecular formula is C18H19FN2O2S. The fourth-order valence-electron chi connectivity index (χ4n) is 2.05. The van der Waals surface area contributed by atoms with E-state index in [9.17, 15) is 14.0 Å². The van der Waals surface area contributed by atoms with Crippen molar-refractivity contribution in [2.45, 2.75) is 30.5 Å². The maximum Gasteiger partial charge on any atom is 0.233 e. The molecule has 2 N–H and O–H groups in total. The molecule has 0 spiro atoms. The molecular weight excluding hydrogens is 327 g/mol. The van der Waals surface area contributed by atoms with E-state index in [1.165, 1.54) is 24.8 Å². The highest BCUT2D eigenvalue weighted by atomic mass is 32.2. The number of rotatable bonds is 6. The summed E-state index contributed by atoms with van der Waals surface area (Å²) >= 11 is 1.40. The molecule has 126 valence electrons. The molecule has 2 amide bonds. The van der Waals surface area contributed by atoms with Gasteiger partial charge in [-0.1, -0.05) is 18.2 Å². The predicted molar refractivity (Wildman–Crippen MR) is 94.3 cm³/mol. The molecule has 0 saturated heterocycles. The third-order valence-corrected chi connectivity index (χ3v) is 4.38. The molecule has 0 aliphatic rings. The van der Waals surface area contributed by atoms with Gasteiger partial charge >= 0.3 is 0 Å². The minimum absolute atomic E-state index is 0.128. The zero-order valence-corrected chi connectivity index (χ0v) is 14.3. The van der Waals surface area contributed by atoms with E-state index in [0.717, 1.165) is 4.90 Å². The summed E-state index contributed by atoms with van der Waals surface area (Å²) < 4.78 is 13.5. The Morgan fingerprint density at radius 2 is 1.79 bits per heavy atom. The van der Waals surface area contributed by atoms with Crippen LogP contribution < -0.4 is 10.6 Å². The minimum Gasteiger partial charge on any atom is -0.351 e. The van der Waals surface area contributed by atoms with E-state index in [2.05, 4.69) is 10.6 Å². The van der Waals surface area contributed by atoms with E-state index in [4.69, 9.17) is 0 Å². The number of halogens is 1. The largest absolute Gasteiger partial charge is 0.351 e. The Bertz CT molecular complexity index is 719. The molecule has 2 rings (SSSR count). The van der Waals surface area contributed by atoms with Crippen molar-refractivity contribution in [3.8, 4) is 0 Å². The van der Waals surface area contributed by atoms with Gasteiger partial charge in [0, 0.05) is 29.6 Å². The highest BCUT2D eigenvalue weighted by molar-refractivity contribution is 8.00. The van der Waals surface area contributed by atoms with Crippen LogP contribution in [0.1, 0.15) is 19.4 Å². The molecule has 0 saturated carbocycles. The van der Waals surface area contributed by atoms with Crippen molar-refractivity contribution in [3.63, 3.8) is 0 Å². The summed E-state index contributed by atoms with van der Waals surface area (Å²) in [6.45, 7) is 3.41. The van der Waals surface area contributed by atoms with Gasteiger partial charge in [0.05, 0.1) is 5.25 Å². The van der Waals surface area contributed by atoms with Gasteiger partial charge in [0.1, 0.15) is 5.82 Å². The van der Waals surface area contributed by atoms with Crippen molar-refractivity contribution in [2.75, 3.05) is 5.32 Å². The summed E-state index contributed by atoms with van der Waals surface area (Å²) in [4.78, 5) is 24.0. The first-order chi connectivity index (χ1) is 11.5. The van der Waals surface area contributed by atoms with Gasteiger partial charge in [0.25, 0.3) is 0 Å². The summed E-state index contributed by atoms with van der Waals surface area (Å²) in [6.07, 6.45) is 0. The maximum absolute atomic E-state index is 13.5. The van der Waals surface area contributed by atoms with Crippen LogP contribution in [0.3, 0.4) is 0 Å². The molecule has 6 heteroatoms. The standard InChI is InChI=1S/C18H19FN2O2S/c1-12(18(23)20-11-14-5-3-4-6-17(14)19)24-16-9-7-15(8-10-16)21-13(2)22/h3-10,12H,11H2,1-2H3,(H,20,23)(H,21,22). The van der Waals surface area contributed by atoms with Crippen LogP contribution >= 0.6 is 11.8 Å². The van der Waals surface area contributed by atoms with E-state index in [0.29, 0.717) is 11.3 Å². The number of anilines is 1. The summed E-state index contributed by atoms with van der Waals surface area (Å²) in [7, 11) is 0. The lowest BCUT2D eigenvalue weighted by Crippen LogP contribution is -2.30. The second-order valence-electron chi connectivity index (χ2n) is 5.27. The smallest absolute Gasteiger partial charge is 0.233 e. The Hall–Kier alpha value is -2.34. The summed E-state index contributed by atoms with van der Waals surface area (Å²) in [6, 6.07) is 13.6. The van der Waals surface area contributed by atoms with Crippen LogP contribution in [0.4, 0.5) is 10.1 Å². The highest BCUT2D eigenvalue weighted by Gasteiger charge is 2.14. The monoisotopic (exact) mass is 346 g/mol. The Morgan fingerprint density at radius 1 is 1.12 bits per heavy atom. The zero-order chi connectivity index (χ0) is 17.5. The van der Waals surface area contributed by atoms with Crippen molar-refractivity contribution in [3.05, 3.63) is 59.9 Å². The van der Waals surface area contributed by atoms with E-state index in [-0.39, 0.29) is 29.4 Å². The molecule has 2 aromatic rings. The van der Waals surface area contributed by atoms with Gasteiger partial charge in [0.15, 0.2) is 0 Å². The number of hydrogen-bond donors (Lipinski definition) is 2. The van der Waals surface area contributed by atoms with Crippen LogP contribution in [-0.4, -0.2) is 17.1 Å². The van der Waals surface area contributed by atoms with Crippen molar-refractivity contribution >= 4 is 29.3 Å². The van der Waals surface area contributed by atoms with Crippen molar-refractivity contribution in [2.24, 2.45) is 0 Å². The number of benzene rings is 2. The first kappa shape index (κ1) is 18.0. The summed E-state index contributed by atoms with van der Waals surface area (Å²) in [5.41, 5.74) is 1.17. The number of thioether (sulfide) groups is 1. The van der Waals surface area contributed by atoms with Crippen LogP contribution in [0.5, 0.6) is 0 Å². The second kappa shape index (κ2) is 8.49. The van der Waals surface area contributed by atoms with E-state index in [1.54, 1.807) is 37.3 Å². The van der Waals surface area contributed by atoms with E-state index in [1.807, 2.05) is 12.1 Å². The van der Waals surface area contributed by atoms with Gasteiger partial charge in [-0.3, -0.25) is 9.59 Å². The SMILES string of the molecule is CC(=O)Nc1ccc(SC(C)C(=O)NCc2ccccc2F)cc1. The summed E-state index contributed by atoms with van der Waals surface area (Å²) in [5, 5.41) is 5.11. The molecule has 0 heterocycles. The van der Waals surface area contributed by atoms with Crippen molar-refractivity contribution in [1.29, 1.82) is 0 Å². The van der Waals surface area contributed by atoms with Gasteiger partial charge in [-0.25, -0.2) is 4.39 Å². The zero-order valence-electron chi connectivity index (χ0n) is 13.5. The molecule has 0 aromatic heterocycles. The predicted octanol–water partition coefficient (Wildman–Crippen LogP) is 3.58. The maximum atomic E-state index is 13.5. The Morgan fingerprint density at radius 3 is 2.42 bits per heavy atom. The number of carbonyl (C=O) groups excluding carboxylic acids is 2. The lowest BCUT2D eigenvalue weighted by molar-refractivity contribution is -0.120. The molecule has 0 radical (unpaired) electrons. The Kier molecular flexibility index (Phi) is 6.37. The van der Waals surface area contributed by atoms with Gasteiger partial charge in [-0.15, -0.1) is 11.8 Å². The van der Waals surface area contributed by atoms with Crippen LogP contribution in [0.25, 0.3) is 0 Å². The first-order valence-corrected chi connectivity index (χ1v) is 8.39. The number of carbonyl (C=O) groups is 2. The number of hydrogen-bond acceptors (Lipinski definition) is 3. The molecule has 0 aliphatic carbocycles. The fourth-order valence-corrected chi connectivity index (χ4v) is 2.94. The van der Waals surface area contributed by atoms with Gasteiger partial charge in [0.2, 0.25) is 11.8 Å². The van der Waals surface area contributed by atoms with Gasteiger partial charge in [-0.05, 0) is 37.3 Å². The molecule has 2 aromatic carbocycles. The van der Waals surface area contributed by atoms with Crippen molar-refractivity contribution in [1.82, 2.24) is 5.32 Å². The van der Waals surface area contributed by atoms with Gasteiger partial charge in [-0.2, -0.15) is 0 Å².